The van der Waals surface area contributed by atoms with Crippen LogP contribution in [0.4, 0.5) is 5.13 Å². The smallest absolute Gasteiger partial charge is 0.250 e. The zero-order valence-electron chi connectivity index (χ0n) is 14.9. The minimum Gasteiger partial charge on any atom is -0.465 e. The van der Waals surface area contributed by atoms with Crippen molar-refractivity contribution in [3.63, 3.8) is 0 Å². The molecule has 1 aromatic carbocycles. The Labute approximate surface area is 161 Å². The van der Waals surface area contributed by atoms with E-state index in [1.165, 1.54) is 34.0 Å². The molecule has 27 heavy (non-hydrogen) atoms. The van der Waals surface area contributed by atoms with E-state index in [9.17, 15) is 13.2 Å². The average molecular weight is 406 g/mol. The number of thiazole rings is 1. The van der Waals surface area contributed by atoms with E-state index in [-0.39, 0.29) is 10.8 Å². The number of anilines is 1. The largest absolute Gasteiger partial charge is 0.465 e. The molecular weight excluding hydrogens is 386 g/mol. The van der Waals surface area contributed by atoms with E-state index in [0.717, 1.165) is 0 Å². The lowest BCUT2D eigenvalue weighted by molar-refractivity contribution is -0.111. The number of amides is 1. The molecule has 0 aliphatic rings. The highest BCUT2D eigenvalue weighted by atomic mass is 32.2. The molecule has 9 heteroatoms. The van der Waals surface area contributed by atoms with Gasteiger partial charge in [0.25, 0.3) is 0 Å². The van der Waals surface area contributed by atoms with Crippen LogP contribution in [0.15, 0.2) is 52.0 Å². The van der Waals surface area contributed by atoms with Crippen LogP contribution in [0.3, 0.4) is 0 Å². The summed E-state index contributed by atoms with van der Waals surface area (Å²) >= 11 is 1.22. The summed E-state index contributed by atoms with van der Waals surface area (Å²) in [6.45, 7) is 4.41. The van der Waals surface area contributed by atoms with Gasteiger partial charge in [0.05, 0.1) is 21.4 Å². The molecule has 2 heterocycles. The Morgan fingerprint density at radius 1 is 1.30 bits per heavy atom. The van der Waals surface area contributed by atoms with Crippen LogP contribution in [-0.4, -0.2) is 36.7 Å². The fourth-order valence-corrected chi connectivity index (χ4v) is 4.99. The topological polar surface area (TPSA) is 92.5 Å². The lowest BCUT2D eigenvalue weighted by Crippen LogP contribution is -2.30. The van der Waals surface area contributed by atoms with Gasteiger partial charge in [0.15, 0.2) is 5.13 Å². The standard InChI is InChI=1S/C18H19N3O4S2/c1-3-21(4-2)27(23,24)14-8-9-15-16(12-14)26-18(19-15)20-17(22)10-7-13-6-5-11-25-13/h5-12H,3-4H2,1-2H3,(H,19,20,22)/b10-7+. The number of carbonyl (C=O) groups is 1. The van der Waals surface area contributed by atoms with Gasteiger partial charge in [0, 0.05) is 19.2 Å². The second-order valence-corrected chi connectivity index (χ2v) is 8.54. The first kappa shape index (κ1) is 19.3. The number of fused-ring (bicyclic) bond motifs is 1. The van der Waals surface area contributed by atoms with Crippen molar-refractivity contribution in [1.29, 1.82) is 0 Å². The van der Waals surface area contributed by atoms with Crippen molar-refractivity contribution in [3.8, 4) is 0 Å². The quantitative estimate of drug-likeness (QED) is 0.607. The monoisotopic (exact) mass is 405 g/mol. The number of benzene rings is 1. The molecule has 0 bridgehead atoms. The molecular formula is C18H19N3O4S2. The number of nitrogens with zero attached hydrogens (tertiary/aromatic N) is 2. The molecule has 1 amide bonds. The van der Waals surface area contributed by atoms with Crippen molar-refractivity contribution in [2.75, 3.05) is 18.4 Å². The van der Waals surface area contributed by atoms with Gasteiger partial charge in [-0.15, -0.1) is 0 Å². The average Bonchev–Trinajstić information content (AvgIpc) is 3.29. The Morgan fingerprint density at radius 2 is 2.07 bits per heavy atom. The van der Waals surface area contributed by atoms with Gasteiger partial charge in [-0.3, -0.25) is 10.1 Å². The molecule has 7 nitrogen and oxygen atoms in total. The fraction of sp³-hybridized carbons (Fsp3) is 0.222. The summed E-state index contributed by atoms with van der Waals surface area (Å²) < 4.78 is 32.5. The summed E-state index contributed by atoms with van der Waals surface area (Å²) in [5.74, 6) is 0.224. The van der Waals surface area contributed by atoms with E-state index in [2.05, 4.69) is 10.3 Å². The Hall–Kier alpha value is -2.49. The second-order valence-electron chi connectivity index (χ2n) is 5.58. The zero-order chi connectivity index (χ0) is 19.4. The SMILES string of the molecule is CCN(CC)S(=O)(=O)c1ccc2nc(NC(=O)/C=C/c3ccco3)sc2c1. The first-order valence-corrected chi connectivity index (χ1v) is 10.6. The van der Waals surface area contributed by atoms with Crippen LogP contribution in [0, 0.1) is 0 Å². The van der Waals surface area contributed by atoms with Gasteiger partial charge in [0.1, 0.15) is 5.76 Å². The molecule has 3 aromatic rings. The highest BCUT2D eigenvalue weighted by Gasteiger charge is 2.22. The minimum absolute atomic E-state index is 0.220. The van der Waals surface area contributed by atoms with Gasteiger partial charge < -0.3 is 4.42 Å². The molecule has 1 N–H and O–H groups in total. The first-order chi connectivity index (χ1) is 12.9. The van der Waals surface area contributed by atoms with Crippen LogP contribution in [0.1, 0.15) is 19.6 Å². The normalized spacial score (nSPS) is 12.3. The molecule has 0 saturated heterocycles. The molecule has 2 aromatic heterocycles. The zero-order valence-corrected chi connectivity index (χ0v) is 16.5. The maximum atomic E-state index is 12.6. The van der Waals surface area contributed by atoms with Crippen molar-refractivity contribution in [1.82, 2.24) is 9.29 Å². The van der Waals surface area contributed by atoms with Crippen molar-refractivity contribution >= 4 is 48.7 Å². The van der Waals surface area contributed by atoms with Crippen molar-refractivity contribution in [2.24, 2.45) is 0 Å². The number of sulfonamides is 1. The van der Waals surface area contributed by atoms with E-state index in [0.29, 0.717) is 34.2 Å². The van der Waals surface area contributed by atoms with Crippen LogP contribution in [-0.2, 0) is 14.8 Å². The summed E-state index contributed by atoms with van der Waals surface area (Å²) in [4.78, 5) is 16.5. The number of aromatic nitrogens is 1. The molecule has 3 rings (SSSR count). The van der Waals surface area contributed by atoms with Crippen molar-refractivity contribution < 1.29 is 17.6 Å². The maximum Gasteiger partial charge on any atom is 0.250 e. The summed E-state index contributed by atoms with van der Waals surface area (Å²) in [5, 5.41) is 3.08. The lowest BCUT2D eigenvalue weighted by atomic mass is 10.3. The molecule has 0 atom stereocenters. The third-order valence-electron chi connectivity index (χ3n) is 3.88. The van der Waals surface area contributed by atoms with E-state index in [1.807, 2.05) is 0 Å². The van der Waals surface area contributed by atoms with Crippen molar-refractivity contribution in [2.45, 2.75) is 18.7 Å². The molecule has 0 spiro atoms. The minimum atomic E-state index is -3.54. The number of hydrogen-bond donors (Lipinski definition) is 1. The third-order valence-corrected chi connectivity index (χ3v) is 6.85. The number of furan rings is 1. The van der Waals surface area contributed by atoms with Gasteiger partial charge >= 0.3 is 0 Å². The Bertz CT molecular complexity index is 1070. The summed E-state index contributed by atoms with van der Waals surface area (Å²) in [6.07, 6.45) is 4.42. The van der Waals surface area contributed by atoms with Crippen LogP contribution in [0.5, 0.6) is 0 Å². The number of hydrogen-bond acceptors (Lipinski definition) is 6. The molecule has 0 radical (unpaired) electrons. The van der Waals surface area contributed by atoms with E-state index >= 15 is 0 Å². The summed E-state index contributed by atoms with van der Waals surface area (Å²) in [6, 6.07) is 8.25. The van der Waals surface area contributed by atoms with Crippen LogP contribution in [0.2, 0.25) is 0 Å². The van der Waals surface area contributed by atoms with Crippen molar-refractivity contribution in [3.05, 3.63) is 48.4 Å². The molecule has 0 unspecified atom stereocenters. The second kappa shape index (κ2) is 8.03. The maximum absolute atomic E-state index is 12.6. The molecule has 0 aliphatic carbocycles. The third kappa shape index (κ3) is 4.26. The summed E-state index contributed by atoms with van der Waals surface area (Å²) in [5.41, 5.74) is 0.629. The Balaban J connectivity index is 1.81. The number of nitrogens with one attached hydrogen (secondary N) is 1. The molecule has 0 aliphatic heterocycles. The highest BCUT2D eigenvalue weighted by Crippen LogP contribution is 2.29. The molecule has 142 valence electrons. The van der Waals surface area contributed by atoms with Gasteiger partial charge in [-0.2, -0.15) is 4.31 Å². The first-order valence-electron chi connectivity index (χ1n) is 8.37. The van der Waals surface area contributed by atoms with E-state index in [4.69, 9.17) is 4.42 Å². The summed E-state index contributed by atoms with van der Waals surface area (Å²) in [7, 11) is -3.54. The van der Waals surface area contributed by atoms with Gasteiger partial charge in [-0.25, -0.2) is 13.4 Å². The van der Waals surface area contributed by atoms with E-state index < -0.39 is 10.0 Å². The Morgan fingerprint density at radius 3 is 2.74 bits per heavy atom. The predicted molar refractivity (Wildman–Crippen MR) is 106 cm³/mol. The van der Waals surface area contributed by atoms with Gasteiger partial charge in [-0.1, -0.05) is 25.2 Å². The highest BCUT2D eigenvalue weighted by molar-refractivity contribution is 7.89. The number of carbonyl (C=O) groups excluding carboxylic acids is 1. The van der Waals surface area contributed by atoms with E-state index in [1.54, 1.807) is 44.2 Å². The van der Waals surface area contributed by atoms with Crippen LogP contribution in [0.25, 0.3) is 16.3 Å². The Kier molecular flexibility index (Phi) is 5.73. The lowest BCUT2D eigenvalue weighted by Gasteiger charge is -2.18. The van der Waals surface area contributed by atoms with Gasteiger partial charge in [-0.05, 0) is 36.4 Å². The molecule has 0 fully saturated rings. The molecule has 0 saturated carbocycles. The number of rotatable bonds is 7. The van der Waals surface area contributed by atoms with Crippen LogP contribution < -0.4 is 5.32 Å². The fourth-order valence-electron chi connectivity index (χ4n) is 2.52. The predicted octanol–water partition coefficient (Wildman–Crippen LogP) is 3.57. The van der Waals surface area contributed by atoms with Crippen LogP contribution >= 0.6 is 11.3 Å². The van der Waals surface area contributed by atoms with Gasteiger partial charge in [0.2, 0.25) is 15.9 Å².